The number of pyridine rings is 3. The van der Waals surface area contributed by atoms with E-state index in [-0.39, 0.29) is 0 Å². The molecule has 3 heteroatoms. The molecule has 0 aliphatic rings. The molecule has 0 atom stereocenters. The average Bonchev–Trinajstić information content (AvgIpc) is 2.82. The molecule has 0 radical (unpaired) electrons. The molecule has 3 aromatic heterocycles. The first-order valence-electron chi connectivity index (χ1n) is 9.26. The van der Waals surface area contributed by atoms with Gasteiger partial charge < -0.3 is 0 Å². The topological polar surface area (TPSA) is 38.7 Å². The number of aromatic nitrogens is 3. The van der Waals surface area contributed by atoms with Crippen molar-refractivity contribution in [1.82, 2.24) is 15.0 Å². The summed E-state index contributed by atoms with van der Waals surface area (Å²) < 4.78 is 0. The highest BCUT2D eigenvalue weighted by atomic mass is 14.6. The number of nitrogens with zero attached hydrogens (tertiary/aromatic N) is 3. The summed E-state index contributed by atoms with van der Waals surface area (Å²) in [7, 11) is 0. The second-order valence-electron chi connectivity index (χ2n) is 6.27. The van der Waals surface area contributed by atoms with Crippen LogP contribution in [0.5, 0.6) is 0 Å². The van der Waals surface area contributed by atoms with Gasteiger partial charge in [0.15, 0.2) is 0 Å². The molecule has 4 rings (SSSR count). The average molecular weight is 381 g/mol. The standard InChI is InChI=1S/C27H15N3/c1-4-22(19-28-13-1)7-10-25-16-26(11-8-23-5-2-14-29-20-23)18-27(17-25)12-9-24-6-3-15-30-21-24/h1-6,13-21H. The van der Waals surface area contributed by atoms with Crippen molar-refractivity contribution in [1.29, 1.82) is 0 Å². The van der Waals surface area contributed by atoms with Gasteiger partial charge in [-0.3, -0.25) is 15.0 Å². The summed E-state index contributed by atoms with van der Waals surface area (Å²) in [4.78, 5) is 12.3. The molecule has 0 bridgehead atoms. The first-order valence-corrected chi connectivity index (χ1v) is 9.26. The molecule has 0 fully saturated rings. The quantitative estimate of drug-likeness (QED) is 0.431. The molecule has 4 aromatic rings. The van der Waals surface area contributed by atoms with E-state index in [4.69, 9.17) is 0 Å². The van der Waals surface area contributed by atoms with Crippen LogP contribution in [0.15, 0.2) is 91.8 Å². The fourth-order valence-corrected chi connectivity index (χ4v) is 2.59. The second-order valence-corrected chi connectivity index (χ2v) is 6.27. The van der Waals surface area contributed by atoms with Gasteiger partial charge in [-0.15, -0.1) is 0 Å². The van der Waals surface area contributed by atoms with Gasteiger partial charge in [0, 0.05) is 70.6 Å². The van der Waals surface area contributed by atoms with E-state index in [2.05, 4.69) is 50.5 Å². The molecule has 138 valence electrons. The van der Waals surface area contributed by atoms with Crippen molar-refractivity contribution in [2.24, 2.45) is 0 Å². The van der Waals surface area contributed by atoms with E-state index >= 15 is 0 Å². The largest absolute Gasteiger partial charge is 0.263 e. The van der Waals surface area contributed by atoms with Gasteiger partial charge in [-0.05, 0) is 54.6 Å². The zero-order valence-corrected chi connectivity index (χ0v) is 16.0. The number of rotatable bonds is 0. The summed E-state index contributed by atoms with van der Waals surface area (Å²) >= 11 is 0. The SMILES string of the molecule is C(#Cc1cc(C#Cc2cccnc2)cc(C#Cc2cccnc2)c1)c1cccnc1. The highest BCUT2D eigenvalue weighted by molar-refractivity contribution is 5.54. The highest BCUT2D eigenvalue weighted by Gasteiger charge is 1.97. The van der Waals surface area contributed by atoms with Crippen LogP contribution in [0.1, 0.15) is 33.4 Å². The van der Waals surface area contributed by atoms with Crippen LogP contribution in [-0.2, 0) is 0 Å². The lowest BCUT2D eigenvalue weighted by Gasteiger charge is -1.98. The Labute approximate surface area is 175 Å². The van der Waals surface area contributed by atoms with Crippen LogP contribution in [-0.4, -0.2) is 15.0 Å². The lowest BCUT2D eigenvalue weighted by molar-refractivity contribution is 1.31. The minimum Gasteiger partial charge on any atom is -0.263 e. The Balaban J connectivity index is 1.71. The van der Waals surface area contributed by atoms with E-state index in [9.17, 15) is 0 Å². The van der Waals surface area contributed by atoms with Gasteiger partial charge in [0.25, 0.3) is 0 Å². The molecule has 0 unspecified atom stereocenters. The van der Waals surface area contributed by atoms with Crippen LogP contribution in [0.2, 0.25) is 0 Å². The Bertz CT molecular complexity index is 1140. The molecule has 0 saturated heterocycles. The fourth-order valence-electron chi connectivity index (χ4n) is 2.59. The molecular weight excluding hydrogens is 366 g/mol. The summed E-state index contributed by atoms with van der Waals surface area (Å²) in [6.07, 6.45) is 10.4. The Morgan fingerprint density at radius 3 is 0.967 bits per heavy atom. The molecule has 30 heavy (non-hydrogen) atoms. The van der Waals surface area contributed by atoms with Gasteiger partial charge in [0.1, 0.15) is 0 Å². The van der Waals surface area contributed by atoms with Gasteiger partial charge in [0.2, 0.25) is 0 Å². The van der Waals surface area contributed by atoms with Crippen molar-refractivity contribution in [2.75, 3.05) is 0 Å². The van der Waals surface area contributed by atoms with E-state index in [0.29, 0.717) is 0 Å². The van der Waals surface area contributed by atoms with Crippen LogP contribution in [0.4, 0.5) is 0 Å². The molecular formula is C27H15N3. The summed E-state index contributed by atoms with van der Waals surface area (Å²) in [6.45, 7) is 0. The third-order valence-corrected chi connectivity index (χ3v) is 3.97. The van der Waals surface area contributed by atoms with E-state index in [1.54, 1.807) is 37.2 Å². The minimum absolute atomic E-state index is 0.840. The van der Waals surface area contributed by atoms with Crippen LogP contribution < -0.4 is 0 Å². The monoisotopic (exact) mass is 381 g/mol. The maximum absolute atomic E-state index is 4.10. The molecule has 0 amide bonds. The number of hydrogen-bond donors (Lipinski definition) is 0. The Morgan fingerprint density at radius 2 is 0.700 bits per heavy atom. The summed E-state index contributed by atoms with van der Waals surface area (Å²) in [5, 5.41) is 0. The molecule has 0 saturated carbocycles. The Hall–Kier alpha value is -4.65. The van der Waals surface area contributed by atoms with Crippen molar-refractivity contribution in [2.45, 2.75) is 0 Å². The second kappa shape index (κ2) is 9.52. The van der Waals surface area contributed by atoms with Gasteiger partial charge in [-0.25, -0.2) is 0 Å². The van der Waals surface area contributed by atoms with E-state index in [1.165, 1.54) is 0 Å². The van der Waals surface area contributed by atoms with Gasteiger partial charge in [-0.2, -0.15) is 0 Å². The zero-order chi connectivity index (χ0) is 20.4. The van der Waals surface area contributed by atoms with E-state index in [0.717, 1.165) is 33.4 Å². The van der Waals surface area contributed by atoms with Gasteiger partial charge in [-0.1, -0.05) is 35.5 Å². The number of benzene rings is 1. The van der Waals surface area contributed by atoms with Gasteiger partial charge in [0.05, 0.1) is 0 Å². The summed E-state index contributed by atoms with van der Waals surface area (Å²) in [5.74, 6) is 19.0. The summed E-state index contributed by atoms with van der Waals surface area (Å²) in [5.41, 5.74) is 5.08. The zero-order valence-electron chi connectivity index (χ0n) is 16.0. The Morgan fingerprint density at radius 1 is 0.400 bits per heavy atom. The van der Waals surface area contributed by atoms with Crippen LogP contribution in [0.25, 0.3) is 0 Å². The molecule has 0 N–H and O–H groups in total. The van der Waals surface area contributed by atoms with Crippen molar-refractivity contribution < 1.29 is 0 Å². The summed E-state index contributed by atoms with van der Waals surface area (Å²) in [6, 6.07) is 17.3. The molecule has 0 spiro atoms. The lowest BCUT2D eigenvalue weighted by atomic mass is 10.0. The third kappa shape index (κ3) is 5.43. The lowest BCUT2D eigenvalue weighted by Crippen LogP contribution is -1.86. The first kappa shape index (κ1) is 18.7. The maximum Gasteiger partial charge on any atom is 0.0432 e. The van der Waals surface area contributed by atoms with Crippen LogP contribution >= 0.6 is 0 Å². The normalized spacial score (nSPS) is 9.20. The van der Waals surface area contributed by atoms with E-state index < -0.39 is 0 Å². The Kier molecular flexibility index (Phi) is 5.93. The maximum atomic E-state index is 4.10. The molecule has 1 aromatic carbocycles. The van der Waals surface area contributed by atoms with Crippen molar-refractivity contribution in [3.05, 3.63) is 125 Å². The third-order valence-electron chi connectivity index (χ3n) is 3.97. The van der Waals surface area contributed by atoms with Crippen molar-refractivity contribution in [3.63, 3.8) is 0 Å². The first-order chi connectivity index (χ1) is 14.8. The van der Waals surface area contributed by atoms with Gasteiger partial charge >= 0.3 is 0 Å². The molecule has 0 aliphatic carbocycles. The van der Waals surface area contributed by atoms with E-state index in [1.807, 2.05) is 54.6 Å². The van der Waals surface area contributed by atoms with Crippen LogP contribution in [0.3, 0.4) is 0 Å². The molecule has 3 heterocycles. The molecule has 0 aliphatic heterocycles. The predicted octanol–water partition coefficient (Wildman–Crippen LogP) is 4.07. The van der Waals surface area contributed by atoms with Crippen molar-refractivity contribution in [3.8, 4) is 35.5 Å². The smallest absolute Gasteiger partial charge is 0.0432 e. The minimum atomic E-state index is 0.840. The highest BCUT2D eigenvalue weighted by Crippen LogP contribution is 2.10. The molecule has 3 nitrogen and oxygen atoms in total. The number of hydrogen-bond acceptors (Lipinski definition) is 3. The van der Waals surface area contributed by atoms with Crippen LogP contribution in [0, 0.1) is 35.5 Å². The fraction of sp³-hybridized carbons (Fsp3) is 0. The van der Waals surface area contributed by atoms with Crippen molar-refractivity contribution >= 4 is 0 Å². The predicted molar refractivity (Wildman–Crippen MR) is 117 cm³/mol.